The van der Waals surface area contributed by atoms with Crippen LogP contribution in [0.25, 0.3) is 0 Å². The van der Waals surface area contributed by atoms with Gasteiger partial charge in [-0.15, -0.1) is 0 Å². The van der Waals surface area contributed by atoms with E-state index >= 15 is 0 Å². The molecule has 1 saturated carbocycles. The van der Waals surface area contributed by atoms with Crippen LogP contribution in [0.5, 0.6) is 0 Å². The molecule has 0 spiro atoms. The van der Waals surface area contributed by atoms with Gasteiger partial charge in [0, 0.05) is 11.8 Å². The molecule has 2 rings (SSSR count). The fraction of sp³-hybridized carbons (Fsp3) is 0.850. The van der Waals surface area contributed by atoms with Gasteiger partial charge in [-0.25, -0.2) is 0 Å². The highest BCUT2D eigenvalue weighted by Gasteiger charge is 2.49. The largest absolute Gasteiger partial charge is 0.481 e. The van der Waals surface area contributed by atoms with Crippen molar-refractivity contribution in [2.75, 3.05) is 6.61 Å². The molecule has 0 aliphatic heterocycles. The van der Waals surface area contributed by atoms with Crippen LogP contribution in [0.15, 0.2) is 11.6 Å². The second-order valence-corrected chi connectivity index (χ2v) is 8.71. The third-order valence-corrected chi connectivity index (χ3v) is 6.95. The molecule has 0 saturated heterocycles. The molecule has 0 aromatic rings. The zero-order valence-corrected chi connectivity index (χ0v) is 15.3. The van der Waals surface area contributed by atoms with E-state index in [0.29, 0.717) is 11.8 Å². The van der Waals surface area contributed by atoms with E-state index in [1.165, 1.54) is 18.4 Å². The summed E-state index contributed by atoms with van der Waals surface area (Å²) < 4.78 is 0. The highest BCUT2D eigenvalue weighted by Crippen LogP contribution is 2.58. The number of carboxylic acid groups (broad SMARTS) is 1. The van der Waals surface area contributed by atoms with E-state index in [1.807, 2.05) is 0 Å². The zero-order valence-electron chi connectivity index (χ0n) is 15.3. The van der Waals surface area contributed by atoms with E-state index in [0.717, 1.165) is 25.7 Å². The summed E-state index contributed by atoms with van der Waals surface area (Å²) in [5, 5.41) is 18.9. The smallest absolute Gasteiger partial charge is 0.303 e. The fourth-order valence-corrected chi connectivity index (χ4v) is 4.96. The minimum absolute atomic E-state index is 0.0446. The molecule has 0 heterocycles. The standard InChI is InChI=1S/C20H34O3/c1-14(12-18(22)23)9-11-20(4)15(2)7-8-16-17(20)6-5-10-19(16,3)13-21/h8,14-15,17,21H,5-7,9-13H2,1-4H3,(H,22,23)/t14-,15+,17-,19+,20-/m1/s1. The molecule has 0 amide bonds. The molecule has 0 unspecified atom stereocenters. The summed E-state index contributed by atoms with van der Waals surface area (Å²) in [6.07, 6.45) is 9.33. The molecular weight excluding hydrogens is 288 g/mol. The number of carboxylic acids is 1. The Kier molecular flexibility index (Phi) is 5.60. The first-order valence-electron chi connectivity index (χ1n) is 9.26. The van der Waals surface area contributed by atoms with Crippen LogP contribution in [0.3, 0.4) is 0 Å². The summed E-state index contributed by atoms with van der Waals surface area (Å²) in [5.74, 6) is 0.715. The van der Waals surface area contributed by atoms with Gasteiger partial charge in [-0.1, -0.05) is 45.8 Å². The Morgan fingerprint density at radius 1 is 1.43 bits per heavy atom. The molecule has 23 heavy (non-hydrogen) atoms. The second-order valence-electron chi connectivity index (χ2n) is 8.71. The van der Waals surface area contributed by atoms with Crippen molar-refractivity contribution < 1.29 is 15.0 Å². The van der Waals surface area contributed by atoms with E-state index in [2.05, 4.69) is 33.8 Å². The van der Waals surface area contributed by atoms with Gasteiger partial charge in [0.2, 0.25) is 0 Å². The molecule has 0 radical (unpaired) electrons. The number of aliphatic hydroxyl groups is 1. The number of carbonyl (C=O) groups is 1. The molecule has 2 aliphatic carbocycles. The molecular formula is C20H34O3. The van der Waals surface area contributed by atoms with Gasteiger partial charge in [0.15, 0.2) is 0 Å². The highest BCUT2D eigenvalue weighted by molar-refractivity contribution is 5.66. The van der Waals surface area contributed by atoms with Crippen LogP contribution in [0.2, 0.25) is 0 Å². The van der Waals surface area contributed by atoms with Crippen molar-refractivity contribution in [3.8, 4) is 0 Å². The summed E-state index contributed by atoms with van der Waals surface area (Å²) >= 11 is 0. The van der Waals surface area contributed by atoms with Crippen LogP contribution in [0, 0.1) is 28.6 Å². The lowest BCUT2D eigenvalue weighted by Gasteiger charge is -2.54. The summed E-state index contributed by atoms with van der Waals surface area (Å²) in [6, 6.07) is 0. The minimum atomic E-state index is -0.689. The van der Waals surface area contributed by atoms with Gasteiger partial charge >= 0.3 is 5.97 Å². The number of aliphatic carboxylic acids is 1. The number of aliphatic hydroxyl groups excluding tert-OH is 1. The van der Waals surface area contributed by atoms with Gasteiger partial charge in [-0.2, -0.15) is 0 Å². The van der Waals surface area contributed by atoms with E-state index < -0.39 is 5.97 Å². The van der Waals surface area contributed by atoms with Crippen LogP contribution in [-0.4, -0.2) is 22.8 Å². The highest BCUT2D eigenvalue weighted by atomic mass is 16.4. The van der Waals surface area contributed by atoms with Crippen molar-refractivity contribution in [3.05, 3.63) is 11.6 Å². The van der Waals surface area contributed by atoms with Gasteiger partial charge in [0.25, 0.3) is 0 Å². The van der Waals surface area contributed by atoms with E-state index in [9.17, 15) is 9.90 Å². The first kappa shape index (κ1) is 18.5. The number of rotatable bonds is 6. The van der Waals surface area contributed by atoms with Gasteiger partial charge in [0.1, 0.15) is 0 Å². The average molecular weight is 322 g/mol. The Morgan fingerprint density at radius 3 is 2.74 bits per heavy atom. The topological polar surface area (TPSA) is 57.5 Å². The van der Waals surface area contributed by atoms with E-state index in [4.69, 9.17) is 5.11 Å². The third kappa shape index (κ3) is 3.65. The molecule has 1 fully saturated rings. The van der Waals surface area contributed by atoms with Crippen LogP contribution < -0.4 is 0 Å². The summed E-state index contributed by atoms with van der Waals surface area (Å²) in [6.45, 7) is 9.27. The quantitative estimate of drug-likeness (QED) is 0.700. The SMILES string of the molecule is C[C@H](CC[C@@]1(C)[C@@H]2CCC[C@@](C)(CO)C2=CC[C@@H]1C)CC(=O)O. The predicted molar refractivity (Wildman–Crippen MR) is 93.2 cm³/mol. The Labute approximate surface area is 141 Å². The predicted octanol–water partition coefficient (Wildman–Crippen LogP) is 4.65. The van der Waals surface area contributed by atoms with Gasteiger partial charge < -0.3 is 10.2 Å². The average Bonchev–Trinajstić information content (AvgIpc) is 2.49. The molecule has 3 nitrogen and oxygen atoms in total. The molecule has 0 aromatic heterocycles. The number of hydrogen-bond acceptors (Lipinski definition) is 2. The maximum Gasteiger partial charge on any atom is 0.303 e. The Bertz CT molecular complexity index is 470. The fourth-order valence-electron chi connectivity index (χ4n) is 4.96. The van der Waals surface area contributed by atoms with Crippen molar-refractivity contribution in [2.45, 2.75) is 72.6 Å². The van der Waals surface area contributed by atoms with Crippen LogP contribution in [0.1, 0.15) is 72.6 Å². The van der Waals surface area contributed by atoms with Crippen molar-refractivity contribution in [3.63, 3.8) is 0 Å². The summed E-state index contributed by atoms with van der Waals surface area (Å²) in [5.41, 5.74) is 1.67. The molecule has 3 heteroatoms. The summed E-state index contributed by atoms with van der Waals surface area (Å²) in [7, 11) is 0. The van der Waals surface area contributed by atoms with Crippen molar-refractivity contribution in [1.82, 2.24) is 0 Å². The first-order chi connectivity index (χ1) is 10.7. The molecule has 2 aliphatic rings. The number of allylic oxidation sites excluding steroid dienone is 1. The molecule has 132 valence electrons. The van der Waals surface area contributed by atoms with Crippen LogP contribution in [0.4, 0.5) is 0 Å². The Morgan fingerprint density at radius 2 is 2.13 bits per heavy atom. The molecule has 0 bridgehead atoms. The van der Waals surface area contributed by atoms with E-state index in [-0.39, 0.29) is 29.8 Å². The Balaban J connectivity index is 2.16. The summed E-state index contributed by atoms with van der Waals surface area (Å²) in [4.78, 5) is 10.9. The number of hydrogen-bond donors (Lipinski definition) is 2. The third-order valence-electron chi connectivity index (χ3n) is 6.95. The number of fused-ring (bicyclic) bond motifs is 1. The lowest BCUT2D eigenvalue weighted by molar-refractivity contribution is -0.138. The van der Waals surface area contributed by atoms with Crippen LogP contribution >= 0.6 is 0 Å². The van der Waals surface area contributed by atoms with Gasteiger partial charge in [0.05, 0.1) is 6.61 Å². The zero-order chi connectivity index (χ0) is 17.3. The maximum atomic E-state index is 10.9. The van der Waals surface area contributed by atoms with Gasteiger partial charge in [-0.05, 0) is 55.3 Å². The maximum absolute atomic E-state index is 10.9. The van der Waals surface area contributed by atoms with Crippen molar-refractivity contribution in [1.29, 1.82) is 0 Å². The van der Waals surface area contributed by atoms with Crippen molar-refractivity contribution in [2.24, 2.45) is 28.6 Å². The van der Waals surface area contributed by atoms with Crippen LogP contribution in [-0.2, 0) is 4.79 Å². The van der Waals surface area contributed by atoms with Gasteiger partial charge in [-0.3, -0.25) is 4.79 Å². The molecule has 2 N–H and O–H groups in total. The molecule has 0 aromatic carbocycles. The lowest BCUT2D eigenvalue weighted by Crippen LogP contribution is -2.45. The van der Waals surface area contributed by atoms with E-state index in [1.54, 1.807) is 0 Å². The second kappa shape index (κ2) is 6.96. The van der Waals surface area contributed by atoms with Crippen molar-refractivity contribution >= 4 is 5.97 Å². The Hall–Kier alpha value is -0.830. The lowest BCUT2D eigenvalue weighted by atomic mass is 9.51. The first-order valence-corrected chi connectivity index (χ1v) is 9.26. The monoisotopic (exact) mass is 322 g/mol. The molecule has 5 atom stereocenters. The normalized spacial score (nSPS) is 38.6. The minimum Gasteiger partial charge on any atom is -0.481 e.